The Labute approximate surface area is 227 Å². The van der Waals surface area contributed by atoms with Crippen LogP contribution in [0.25, 0.3) is 22.2 Å². The van der Waals surface area contributed by atoms with Gasteiger partial charge in [-0.05, 0) is 58.5 Å². The quantitative estimate of drug-likeness (QED) is 0.308. The summed E-state index contributed by atoms with van der Waals surface area (Å²) in [4.78, 5) is 6.74. The lowest BCUT2D eigenvalue weighted by Crippen LogP contribution is -2.36. The van der Waals surface area contributed by atoms with E-state index < -0.39 is 30.1 Å². The van der Waals surface area contributed by atoms with Crippen molar-refractivity contribution in [1.82, 2.24) is 9.55 Å². The minimum atomic E-state index is -4.57. The molecule has 1 aliphatic heterocycles. The molecule has 0 bridgehead atoms. The number of methoxy groups -OCH3 is 1. The summed E-state index contributed by atoms with van der Waals surface area (Å²) >= 11 is 3.20. The van der Waals surface area contributed by atoms with E-state index in [9.17, 15) is 22.7 Å². The first-order valence-corrected chi connectivity index (χ1v) is 13.2. The second-order valence-electron chi connectivity index (χ2n) is 10.4. The number of ether oxygens (including phenoxy) is 2. The van der Waals surface area contributed by atoms with Crippen molar-refractivity contribution >= 4 is 32.5 Å². The molecule has 3 aromatic rings. The zero-order valence-electron chi connectivity index (χ0n) is 21.8. The van der Waals surface area contributed by atoms with E-state index in [2.05, 4.69) is 25.8 Å². The molecule has 1 saturated heterocycles. The Kier molecular flexibility index (Phi) is 8.42. The Morgan fingerprint density at radius 1 is 1.18 bits per heavy atom. The van der Waals surface area contributed by atoms with Crippen LogP contribution in [-0.2, 0) is 22.4 Å². The Hall–Kier alpha value is -2.21. The number of aromatic nitrogens is 2. The van der Waals surface area contributed by atoms with Crippen LogP contribution in [0.1, 0.15) is 38.1 Å². The monoisotopic (exact) mass is 601 g/mol. The Bertz CT molecular complexity index is 1300. The molecular weight excluding hydrogens is 570 g/mol. The number of fused-ring (bicyclic) bond motifs is 1. The number of alkyl halides is 3. The normalized spacial score (nSPS) is 15.9. The van der Waals surface area contributed by atoms with E-state index in [1.165, 1.54) is 13.2 Å². The van der Waals surface area contributed by atoms with Crippen LogP contribution in [0.15, 0.2) is 28.9 Å². The number of halogens is 5. The molecule has 0 unspecified atom stereocenters. The van der Waals surface area contributed by atoms with Gasteiger partial charge in [-0.3, -0.25) is 4.98 Å². The van der Waals surface area contributed by atoms with Crippen molar-refractivity contribution in [3.8, 4) is 11.3 Å². The summed E-state index contributed by atoms with van der Waals surface area (Å²) < 4.78 is 69.1. The number of nitrogens with zero attached hydrogens (tertiary/aromatic N) is 3. The molecule has 1 fully saturated rings. The maximum Gasteiger partial charge on any atom is 0.406 e. The van der Waals surface area contributed by atoms with Gasteiger partial charge in [-0.25, -0.2) is 4.39 Å². The molecule has 2 aromatic heterocycles. The summed E-state index contributed by atoms with van der Waals surface area (Å²) in [5.74, 6) is -0.663. The van der Waals surface area contributed by atoms with E-state index in [1.54, 1.807) is 13.1 Å². The number of aliphatic hydroxyl groups excluding tert-OH is 1. The molecule has 0 saturated carbocycles. The highest BCUT2D eigenvalue weighted by Crippen LogP contribution is 2.43. The van der Waals surface area contributed by atoms with E-state index in [1.807, 2.05) is 19.9 Å². The minimum absolute atomic E-state index is 0.120. The largest absolute Gasteiger partial charge is 0.406 e. The van der Waals surface area contributed by atoms with E-state index in [-0.39, 0.29) is 28.7 Å². The van der Waals surface area contributed by atoms with Gasteiger partial charge in [-0.2, -0.15) is 13.2 Å². The molecule has 4 rings (SSSR count). The summed E-state index contributed by atoms with van der Waals surface area (Å²) in [7, 11) is 1.51. The number of anilines is 1. The summed E-state index contributed by atoms with van der Waals surface area (Å²) in [6.07, 6.45) is -3.15. The average Bonchev–Trinajstić information content (AvgIpc) is 3.13. The van der Waals surface area contributed by atoms with Crippen LogP contribution >= 0.6 is 15.9 Å². The van der Waals surface area contributed by atoms with Crippen LogP contribution in [0.2, 0.25) is 0 Å². The summed E-state index contributed by atoms with van der Waals surface area (Å²) in [6.45, 7) is 6.25. The molecule has 0 aliphatic carbocycles. The zero-order chi connectivity index (χ0) is 27.8. The molecule has 38 heavy (non-hydrogen) atoms. The predicted molar refractivity (Wildman–Crippen MR) is 142 cm³/mol. The fourth-order valence-corrected chi connectivity index (χ4v) is 5.20. The van der Waals surface area contributed by atoms with Gasteiger partial charge in [0.25, 0.3) is 0 Å². The Balaban J connectivity index is 2.10. The number of pyridine rings is 1. The third-order valence-corrected chi connectivity index (χ3v) is 7.51. The number of hydrogen-bond acceptors (Lipinski definition) is 5. The van der Waals surface area contributed by atoms with Crippen LogP contribution < -0.4 is 4.90 Å². The highest BCUT2D eigenvalue weighted by atomic mass is 79.9. The number of hydrogen-bond donors (Lipinski definition) is 1. The van der Waals surface area contributed by atoms with Gasteiger partial charge in [0.1, 0.15) is 12.4 Å². The molecule has 1 aliphatic rings. The maximum atomic E-state index is 14.7. The van der Waals surface area contributed by atoms with Crippen molar-refractivity contribution in [3.05, 3.63) is 45.9 Å². The van der Waals surface area contributed by atoms with Crippen LogP contribution in [0.4, 0.5) is 23.2 Å². The van der Waals surface area contributed by atoms with Crippen LogP contribution in [0, 0.1) is 11.2 Å². The lowest BCUT2D eigenvalue weighted by molar-refractivity contribution is -0.139. The first kappa shape index (κ1) is 28.8. The van der Waals surface area contributed by atoms with Crippen molar-refractivity contribution in [2.24, 2.45) is 5.41 Å². The molecule has 3 heterocycles. The first-order chi connectivity index (χ1) is 17.8. The van der Waals surface area contributed by atoms with Gasteiger partial charge in [0.15, 0.2) is 0 Å². The SMILES string of the molecule is CO[C@@H](C)c1ncc(N2CCOCC2)cc1-c1c(CC(C)(C)CO)c2cc(Br)c(F)cc2n1CC(F)(F)F. The number of morpholine rings is 1. The molecule has 0 amide bonds. The average molecular weight is 602 g/mol. The molecular formula is C27H32BrF4N3O3. The Morgan fingerprint density at radius 2 is 1.87 bits per heavy atom. The number of benzene rings is 1. The van der Waals surface area contributed by atoms with Gasteiger partial charge in [0, 0.05) is 37.8 Å². The molecule has 6 nitrogen and oxygen atoms in total. The van der Waals surface area contributed by atoms with Crippen molar-refractivity contribution < 1.29 is 32.1 Å². The van der Waals surface area contributed by atoms with Crippen LogP contribution in [0.3, 0.4) is 0 Å². The summed E-state index contributed by atoms with van der Waals surface area (Å²) in [5, 5.41) is 10.5. The van der Waals surface area contributed by atoms with Crippen molar-refractivity contribution in [2.75, 3.05) is 44.9 Å². The second kappa shape index (κ2) is 11.1. The van der Waals surface area contributed by atoms with Crippen molar-refractivity contribution in [1.29, 1.82) is 0 Å². The van der Waals surface area contributed by atoms with E-state index >= 15 is 0 Å². The molecule has 0 radical (unpaired) electrons. The lowest BCUT2D eigenvalue weighted by atomic mass is 9.84. The lowest BCUT2D eigenvalue weighted by Gasteiger charge is -2.30. The number of aliphatic hydroxyl groups is 1. The molecule has 1 aromatic carbocycles. The molecule has 0 spiro atoms. The molecule has 208 valence electrons. The van der Waals surface area contributed by atoms with E-state index in [0.717, 1.165) is 16.3 Å². The van der Waals surface area contributed by atoms with Crippen molar-refractivity contribution in [2.45, 2.75) is 46.0 Å². The second-order valence-corrected chi connectivity index (χ2v) is 11.3. The predicted octanol–water partition coefficient (Wildman–Crippen LogP) is 6.27. The molecule has 1 N–H and O–H groups in total. The zero-order valence-corrected chi connectivity index (χ0v) is 23.4. The highest BCUT2D eigenvalue weighted by molar-refractivity contribution is 9.10. The van der Waals surface area contributed by atoms with Gasteiger partial charge in [0.2, 0.25) is 0 Å². The van der Waals surface area contributed by atoms with Gasteiger partial charge < -0.3 is 24.0 Å². The van der Waals surface area contributed by atoms with E-state index in [0.29, 0.717) is 48.5 Å². The smallest absolute Gasteiger partial charge is 0.396 e. The Morgan fingerprint density at radius 3 is 2.47 bits per heavy atom. The summed E-state index contributed by atoms with van der Waals surface area (Å²) in [5.41, 5.74) is 2.03. The number of rotatable bonds is 8. The van der Waals surface area contributed by atoms with Crippen molar-refractivity contribution in [3.63, 3.8) is 0 Å². The fraction of sp³-hybridized carbons (Fsp3) is 0.519. The van der Waals surface area contributed by atoms with E-state index in [4.69, 9.17) is 9.47 Å². The maximum absolute atomic E-state index is 14.7. The molecule has 1 atom stereocenters. The van der Waals surface area contributed by atoms with Crippen LogP contribution in [0.5, 0.6) is 0 Å². The topological polar surface area (TPSA) is 59.8 Å². The van der Waals surface area contributed by atoms with Gasteiger partial charge in [-0.15, -0.1) is 0 Å². The third-order valence-electron chi connectivity index (χ3n) is 6.91. The van der Waals surface area contributed by atoms with Crippen LogP contribution in [-0.4, -0.2) is 60.9 Å². The first-order valence-electron chi connectivity index (χ1n) is 12.4. The summed E-state index contributed by atoms with van der Waals surface area (Å²) in [6, 6.07) is 4.48. The minimum Gasteiger partial charge on any atom is -0.396 e. The highest BCUT2D eigenvalue weighted by Gasteiger charge is 2.34. The standard InChI is InChI=1S/C27H32BrF4N3O3/c1-16(37-4)24-19(9-17(13-33-24)34-5-7-38-8-6-34)25-20(12-26(2,3)15-36)18-10-21(28)22(29)11-23(18)35(25)14-27(30,31)32/h9-11,13,16,36H,5-8,12,14-15H2,1-4H3/t16-/m0/s1. The third kappa shape index (κ3) is 6.00. The van der Waals surface area contributed by atoms with Gasteiger partial charge in [0.05, 0.1) is 52.6 Å². The van der Waals surface area contributed by atoms with Gasteiger partial charge >= 0.3 is 6.18 Å². The molecule has 11 heteroatoms. The van der Waals surface area contributed by atoms with Gasteiger partial charge in [-0.1, -0.05) is 13.8 Å². The fourth-order valence-electron chi connectivity index (χ4n) is 4.86.